The molecule has 2 heterocycles. The number of aliphatic carboxylic acids is 1. The predicted octanol–water partition coefficient (Wildman–Crippen LogP) is 1.80. The van der Waals surface area contributed by atoms with E-state index in [-0.39, 0.29) is 18.4 Å². The Hall–Kier alpha value is -2.34. The zero-order valence-corrected chi connectivity index (χ0v) is 12.8. The number of nitrogens with one attached hydrogen (secondary N) is 1. The van der Waals surface area contributed by atoms with Gasteiger partial charge in [-0.05, 0) is 18.1 Å². The van der Waals surface area contributed by atoms with E-state index in [4.69, 9.17) is 9.84 Å². The predicted molar refractivity (Wildman–Crippen MR) is 85.2 cm³/mol. The number of H-pyrrole nitrogens is 1. The molecule has 1 amide bonds. The van der Waals surface area contributed by atoms with Crippen molar-refractivity contribution < 1.29 is 19.4 Å². The number of aromatic nitrogens is 1. The topological polar surface area (TPSA) is 82.6 Å². The van der Waals surface area contributed by atoms with Gasteiger partial charge in [0.05, 0.1) is 25.7 Å². The van der Waals surface area contributed by atoms with Crippen molar-refractivity contribution >= 4 is 22.8 Å². The molecular weight excluding hydrogens is 296 g/mol. The van der Waals surface area contributed by atoms with Crippen LogP contribution in [0, 0.1) is 0 Å². The van der Waals surface area contributed by atoms with E-state index in [1.807, 2.05) is 30.5 Å². The molecule has 1 aliphatic rings. The van der Waals surface area contributed by atoms with Gasteiger partial charge in [-0.25, -0.2) is 0 Å². The van der Waals surface area contributed by atoms with Crippen LogP contribution in [0.1, 0.15) is 18.4 Å². The summed E-state index contributed by atoms with van der Waals surface area (Å²) < 4.78 is 5.31. The second-order valence-corrected chi connectivity index (χ2v) is 5.77. The molecule has 0 spiro atoms. The van der Waals surface area contributed by atoms with Crippen molar-refractivity contribution in [2.45, 2.75) is 25.3 Å². The fourth-order valence-electron chi connectivity index (χ4n) is 3.08. The number of amides is 1. The highest BCUT2D eigenvalue weighted by Crippen LogP contribution is 2.20. The maximum atomic E-state index is 12.5. The van der Waals surface area contributed by atoms with Gasteiger partial charge in [-0.3, -0.25) is 9.59 Å². The summed E-state index contributed by atoms with van der Waals surface area (Å²) in [5.41, 5.74) is 2.17. The molecule has 1 saturated heterocycles. The zero-order chi connectivity index (χ0) is 16.2. The number of fused-ring (bicyclic) bond motifs is 1. The van der Waals surface area contributed by atoms with Gasteiger partial charge in [-0.1, -0.05) is 18.2 Å². The Morgan fingerprint density at radius 2 is 2.17 bits per heavy atom. The smallest absolute Gasteiger partial charge is 0.305 e. The minimum atomic E-state index is -0.907. The summed E-state index contributed by atoms with van der Waals surface area (Å²) in [6.07, 6.45) is 2.88. The average Bonchev–Trinajstić information content (AvgIpc) is 2.96. The van der Waals surface area contributed by atoms with Crippen LogP contribution >= 0.6 is 0 Å². The molecule has 1 fully saturated rings. The quantitative estimate of drug-likeness (QED) is 0.881. The molecule has 122 valence electrons. The minimum absolute atomic E-state index is 0.00942. The van der Waals surface area contributed by atoms with Crippen LogP contribution in [0.3, 0.4) is 0 Å². The molecule has 1 aromatic heterocycles. The molecule has 23 heavy (non-hydrogen) atoms. The van der Waals surface area contributed by atoms with Crippen molar-refractivity contribution in [2.24, 2.45) is 0 Å². The van der Waals surface area contributed by atoms with Crippen molar-refractivity contribution in [1.29, 1.82) is 0 Å². The Balaban J connectivity index is 1.64. The lowest BCUT2D eigenvalue weighted by Crippen LogP contribution is -2.49. The van der Waals surface area contributed by atoms with E-state index in [1.165, 1.54) is 0 Å². The van der Waals surface area contributed by atoms with Gasteiger partial charge in [0.2, 0.25) is 5.91 Å². The van der Waals surface area contributed by atoms with Gasteiger partial charge in [-0.2, -0.15) is 0 Å². The number of hydrogen-bond acceptors (Lipinski definition) is 3. The number of rotatable bonds is 5. The van der Waals surface area contributed by atoms with Crippen molar-refractivity contribution in [3.63, 3.8) is 0 Å². The summed E-state index contributed by atoms with van der Waals surface area (Å²) >= 11 is 0. The van der Waals surface area contributed by atoms with Crippen LogP contribution in [-0.2, 0) is 20.7 Å². The number of aromatic amines is 1. The molecule has 2 aromatic rings. The first-order chi connectivity index (χ1) is 11.1. The Kier molecular flexibility index (Phi) is 4.62. The molecule has 0 bridgehead atoms. The molecule has 0 radical (unpaired) electrons. The monoisotopic (exact) mass is 316 g/mol. The van der Waals surface area contributed by atoms with Crippen LogP contribution in [0.15, 0.2) is 30.5 Å². The number of benzene rings is 1. The molecule has 2 N–H and O–H groups in total. The third kappa shape index (κ3) is 3.53. The van der Waals surface area contributed by atoms with Crippen LogP contribution in [0.2, 0.25) is 0 Å². The van der Waals surface area contributed by atoms with E-state index in [0.29, 0.717) is 32.6 Å². The highest BCUT2D eigenvalue weighted by atomic mass is 16.5. The standard InChI is InChI=1S/C17H20N2O4/c20-16(19-7-8-23-11-13(19)9-17(21)22)6-5-12-10-18-15-4-2-1-3-14(12)15/h1-4,10,13,18H,5-9,11H2,(H,21,22). The third-order valence-corrected chi connectivity index (χ3v) is 4.24. The van der Waals surface area contributed by atoms with Crippen molar-refractivity contribution in [3.8, 4) is 0 Å². The number of morpholine rings is 1. The minimum Gasteiger partial charge on any atom is -0.481 e. The molecule has 6 heteroatoms. The Morgan fingerprint density at radius 3 is 3.00 bits per heavy atom. The number of carbonyl (C=O) groups excluding carboxylic acids is 1. The highest BCUT2D eigenvalue weighted by molar-refractivity contribution is 5.84. The molecule has 6 nitrogen and oxygen atoms in total. The number of para-hydroxylation sites is 1. The van der Waals surface area contributed by atoms with Crippen LogP contribution in [0.4, 0.5) is 0 Å². The summed E-state index contributed by atoms with van der Waals surface area (Å²) in [4.78, 5) is 28.3. The highest BCUT2D eigenvalue weighted by Gasteiger charge is 2.28. The number of ether oxygens (including phenoxy) is 1. The van der Waals surface area contributed by atoms with Gasteiger partial charge in [-0.15, -0.1) is 0 Å². The maximum absolute atomic E-state index is 12.5. The van der Waals surface area contributed by atoms with Gasteiger partial charge in [0.1, 0.15) is 0 Å². The SMILES string of the molecule is O=C(O)CC1COCCN1C(=O)CCc1c[nH]c2ccccc12. The summed E-state index contributed by atoms with van der Waals surface area (Å²) in [6, 6.07) is 7.63. The first kappa shape index (κ1) is 15.6. The van der Waals surface area contributed by atoms with Crippen LogP contribution in [0.25, 0.3) is 10.9 Å². The average molecular weight is 316 g/mol. The Bertz CT molecular complexity index is 709. The Labute approximate surface area is 134 Å². The van der Waals surface area contributed by atoms with Crippen LogP contribution in [-0.4, -0.2) is 52.7 Å². The second-order valence-electron chi connectivity index (χ2n) is 5.77. The van der Waals surface area contributed by atoms with Gasteiger partial charge in [0.25, 0.3) is 0 Å². The lowest BCUT2D eigenvalue weighted by molar-refractivity contribution is -0.146. The lowest BCUT2D eigenvalue weighted by Gasteiger charge is -2.35. The first-order valence-corrected chi connectivity index (χ1v) is 7.79. The fourth-order valence-corrected chi connectivity index (χ4v) is 3.08. The van der Waals surface area contributed by atoms with Crippen molar-refractivity contribution in [2.75, 3.05) is 19.8 Å². The van der Waals surface area contributed by atoms with Crippen LogP contribution < -0.4 is 0 Å². The molecule has 1 aromatic carbocycles. The molecule has 1 atom stereocenters. The van der Waals surface area contributed by atoms with E-state index < -0.39 is 5.97 Å². The normalized spacial score (nSPS) is 18.3. The maximum Gasteiger partial charge on any atom is 0.305 e. The fraction of sp³-hybridized carbons (Fsp3) is 0.412. The lowest BCUT2D eigenvalue weighted by atomic mass is 10.1. The van der Waals surface area contributed by atoms with Crippen molar-refractivity contribution in [3.05, 3.63) is 36.0 Å². The van der Waals surface area contributed by atoms with E-state index >= 15 is 0 Å². The van der Waals surface area contributed by atoms with Crippen molar-refractivity contribution in [1.82, 2.24) is 9.88 Å². The molecular formula is C17H20N2O4. The number of carboxylic acid groups (broad SMARTS) is 1. The summed E-state index contributed by atoms with van der Waals surface area (Å²) in [5, 5.41) is 10.1. The summed E-state index contributed by atoms with van der Waals surface area (Å²) in [7, 11) is 0. The van der Waals surface area contributed by atoms with Gasteiger partial charge >= 0.3 is 5.97 Å². The van der Waals surface area contributed by atoms with Crippen LogP contribution in [0.5, 0.6) is 0 Å². The molecule has 3 rings (SSSR count). The molecule has 0 aliphatic carbocycles. The van der Waals surface area contributed by atoms with Gasteiger partial charge in [0, 0.05) is 30.1 Å². The first-order valence-electron chi connectivity index (χ1n) is 7.79. The Morgan fingerprint density at radius 1 is 1.35 bits per heavy atom. The second kappa shape index (κ2) is 6.83. The summed E-state index contributed by atoms with van der Waals surface area (Å²) in [6.45, 7) is 1.23. The number of aryl methyl sites for hydroxylation is 1. The molecule has 1 aliphatic heterocycles. The third-order valence-electron chi connectivity index (χ3n) is 4.24. The number of carboxylic acids is 1. The van der Waals surface area contributed by atoms with Gasteiger partial charge < -0.3 is 19.7 Å². The van der Waals surface area contributed by atoms with E-state index in [2.05, 4.69) is 4.98 Å². The molecule has 0 saturated carbocycles. The zero-order valence-electron chi connectivity index (χ0n) is 12.8. The largest absolute Gasteiger partial charge is 0.481 e. The van der Waals surface area contributed by atoms with E-state index in [0.717, 1.165) is 16.5 Å². The number of carbonyl (C=O) groups is 2. The summed E-state index contributed by atoms with van der Waals surface area (Å²) in [5.74, 6) is -0.917. The van der Waals surface area contributed by atoms with E-state index in [9.17, 15) is 9.59 Å². The van der Waals surface area contributed by atoms with E-state index in [1.54, 1.807) is 4.90 Å². The van der Waals surface area contributed by atoms with Gasteiger partial charge in [0.15, 0.2) is 0 Å². The number of nitrogens with zero attached hydrogens (tertiary/aromatic N) is 1. The number of hydrogen-bond donors (Lipinski definition) is 2. The molecule has 1 unspecified atom stereocenters.